The van der Waals surface area contributed by atoms with Gasteiger partial charge in [0.05, 0.1) is 0 Å². The molecule has 6 heteroatoms. The fourth-order valence-electron chi connectivity index (χ4n) is 3.26. The van der Waals surface area contributed by atoms with E-state index in [1.54, 1.807) is 12.1 Å². The summed E-state index contributed by atoms with van der Waals surface area (Å²) in [6, 6.07) is 15.0. The molecule has 0 radical (unpaired) electrons. The van der Waals surface area contributed by atoms with Crippen molar-refractivity contribution in [3.8, 4) is 0 Å². The number of carbonyl (C=O) groups is 3. The van der Waals surface area contributed by atoms with Crippen LogP contribution in [0.4, 0.5) is 10.5 Å². The van der Waals surface area contributed by atoms with Crippen LogP contribution in [0.2, 0.25) is 5.02 Å². The van der Waals surface area contributed by atoms with Crippen molar-refractivity contribution in [3.05, 3.63) is 64.7 Å². The minimum absolute atomic E-state index is 0.0228. The number of urea groups is 1. The van der Waals surface area contributed by atoms with Crippen LogP contribution in [-0.2, 0) is 21.5 Å². The van der Waals surface area contributed by atoms with Gasteiger partial charge in [-0.3, -0.25) is 0 Å². The van der Waals surface area contributed by atoms with E-state index in [2.05, 4.69) is 24.5 Å². The monoisotopic (exact) mass is 416 g/mol. The Balaban J connectivity index is 0.00000204. The van der Waals surface area contributed by atoms with E-state index in [-0.39, 0.29) is 11.4 Å². The quantitative estimate of drug-likeness (QED) is 0.529. The molecule has 2 rings (SSSR count). The molecular weight excluding hydrogens is 388 g/mol. The number of rotatable bonds is 9. The molecule has 0 aliphatic rings. The highest BCUT2D eigenvalue weighted by Gasteiger charge is 2.25. The van der Waals surface area contributed by atoms with Crippen LogP contribution < -0.4 is 10.6 Å². The number of amides is 2. The first-order valence-corrected chi connectivity index (χ1v) is 9.97. The average Bonchev–Trinajstić information content (AvgIpc) is 2.74. The van der Waals surface area contributed by atoms with E-state index in [1.165, 1.54) is 5.56 Å². The molecular formula is C23H29ClN2O3. The summed E-state index contributed by atoms with van der Waals surface area (Å²) in [7, 11) is 0. The number of anilines is 1. The average molecular weight is 417 g/mol. The van der Waals surface area contributed by atoms with Crippen LogP contribution in [0.5, 0.6) is 0 Å². The lowest BCUT2D eigenvalue weighted by atomic mass is 9.75. The zero-order chi connectivity index (χ0) is 21.7. The fourth-order valence-corrected chi connectivity index (χ4v) is 3.38. The Hall–Kier alpha value is -2.66. The number of aldehydes is 1. The first-order chi connectivity index (χ1) is 14.0. The van der Waals surface area contributed by atoms with Crippen LogP contribution in [-0.4, -0.2) is 19.1 Å². The van der Waals surface area contributed by atoms with E-state index in [1.807, 2.05) is 43.2 Å². The van der Waals surface area contributed by atoms with Gasteiger partial charge in [0.15, 0.2) is 0 Å². The van der Waals surface area contributed by atoms with Crippen molar-refractivity contribution in [2.24, 2.45) is 0 Å². The summed E-state index contributed by atoms with van der Waals surface area (Å²) in [5.74, 6) is 0. The molecule has 2 N–H and O–H groups in total. The summed E-state index contributed by atoms with van der Waals surface area (Å²) >= 11 is 5.86. The molecule has 0 bridgehead atoms. The molecule has 2 amide bonds. The second-order valence-corrected chi connectivity index (χ2v) is 7.46. The van der Waals surface area contributed by atoms with Gasteiger partial charge < -0.3 is 20.2 Å². The molecule has 1 unspecified atom stereocenters. The fraction of sp³-hybridized carbons (Fsp3) is 0.348. The van der Waals surface area contributed by atoms with Gasteiger partial charge in [0.25, 0.3) is 0 Å². The highest BCUT2D eigenvalue weighted by atomic mass is 35.5. The SMILES string of the molecule is C=O.CCCC(C)(CCC=O)c1ccc(NC(=O)NCc2ccc(Cl)cc2)cc1. The smallest absolute Gasteiger partial charge is 0.319 e. The maximum absolute atomic E-state index is 12.1. The van der Waals surface area contributed by atoms with Gasteiger partial charge in [-0.1, -0.05) is 56.1 Å². The molecule has 0 spiro atoms. The van der Waals surface area contributed by atoms with Crippen LogP contribution in [0.3, 0.4) is 0 Å². The van der Waals surface area contributed by atoms with Crippen molar-refractivity contribution in [1.82, 2.24) is 5.32 Å². The molecule has 0 aromatic heterocycles. The van der Waals surface area contributed by atoms with Gasteiger partial charge in [0.1, 0.15) is 13.1 Å². The minimum Gasteiger partial charge on any atom is -0.334 e. The standard InChI is InChI=1S/C22H27ClN2O2.CH2O/c1-3-13-22(2,14-4-15-26)18-7-11-20(12-8-18)25-21(27)24-16-17-5-9-19(23)10-6-17;1-2/h5-12,15H,3-4,13-14,16H2,1-2H3,(H2,24,25,27);1H2. The molecule has 0 saturated heterocycles. The van der Waals surface area contributed by atoms with Crippen molar-refractivity contribution in [3.63, 3.8) is 0 Å². The number of carbonyl (C=O) groups excluding carboxylic acids is 3. The molecule has 5 nitrogen and oxygen atoms in total. The predicted octanol–water partition coefficient (Wildman–Crippen LogP) is 5.51. The van der Waals surface area contributed by atoms with Crippen LogP contribution in [0, 0.1) is 0 Å². The molecule has 0 heterocycles. The third kappa shape index (κ3) is 8.08. The zero-order valence-corrected chi connectivity index (χ0v) is 17.8. The summed E-state index contributed by atoms with van der Waals surface area (Å²) < 4.78 is 0. The Morgan fingerprint density at radius 1 is 1.07 bits per heavy atom. The molecule has 0 aliphatic heterocycles. The van der Waals surface area contributed by atoms with Crippen LogP contribution in [0.25, 0.3) is 0 Å². The molecule has 29 heavy (non-hydrogen) atoms. The molecule has 1 atom stereocenters. The maximum Gasteiger partial charge on any atom is 0.319 e. The van der Waals surface area contributed by atoms with E-state index in [0.29, 0.717) is 18.0 Å². The largest absolute Gasteiger partial charge is 0.334 e. The molecule has 0 fully saturated rings. The van der Waals surface area contributed by atoms with Gasteiger partial charge in [-0.15, -0.1) is 0 Å². The van der Waals surface area contributed by atoms with Gasteiger partial charge >= 0.3 is 6.03 Å². The topological polar surface area (TPSA) is 75.3 Å². The van der Waals surface area contributed by atoms with Crippen molar-refractivity contribution in [2.45, 2.75) is 51.5 Å². The van der Waals surface area contributed by atoms with Crippen LogP contribution in [0.15, 0.2) is 48.5 Å². The Labute approximate surface area is 177 Å². The van der Waals surface area contributed by atoms with Crippen molar-refractivity contribution in [2.75, 3.05) is 5.32 Å². The second kappa shape index (κ2) is 12.7. The zero-order valence-electron chi connectivity index (χ0n) is 17.0. The predicted molar refractivity (Wildman–Crippen MR) is 118 cm³/mol. The minimum atomic E-state index is -0.255. The van der Waals surface area contributed by atoms with Gasteiger partial charge in [-0.05, 0) is 53.6 Å². The van der Waals surface area contributed by atoms with Crippen LogP contribution >= 0.6 is 11.6 Å². The number of benzene rings is 2. The van der Waals surface area contributed by atoms with Crippen molar-refractivity contribution >= 4 is 36.4 Å². The maximum atomic E-state index is 12.1. The summed E-state index contributed by atoms with van der Waals surface area (Å²) in [5.41, 5.74) is 2.89. The number of halogens is 1. The summed E-state index contributed by atoms with van der Waals surface area (Å²) in [6.07, 6.45) is 4.45. The Morgan fingerprint density at radius 3 is 2.24 bits per heavy atom. The highest BCUT2D eigenvalue weighted by molar-refractivity contribution is 6.30. The van der Waals surface area contributed by atoms with E-state index in [9.17, 15) is 9.59 Å². The second-order valence-electron chi connectivity index (χ2n) is 7.03. The summed E-state index contributed by atoms with van der Waals surface area (Å²) in [4.78, 5) is 30.9. The van der Waals surface area contributed by atoms with E-state index < -0.39 is 0 Å². The van der Waals surface area contributed by atoms with Crippen molar-refractivity contribution in [1.29, 1.82) is 0 Å². The van der Waals surface area contributed by atoms with Gasteiger partial charge in [-0.25, -0.2) is 4.79 Å². The third-order valence-electron chi connectivity index (χ3n) is 4.82. The molecule has 0 aliphatic carbocycles. The van der Waals surface area contributed by atoms with Crippen LogP contribution in [0.1, 0.15) is 50.7 Å². The number of hydrogen-bond donors (Lipinski definition) is 2. The van der Waals surface area contributed by atoms with Gasteiger partial charge in [0, 0.05) is 23.7 Å². The first kappa shape index (κ1) is 24.4. The number of hydrogen-bond acceptors (Lipinski definition) is 3. The van der Waals surface area contributed by atoms with Gasteiger partial charge in [0.2, 0.25) is 0 Å². The third-order valence-corrected chi connectivity index (χ3v) is 5.07. The van der Waals surface area contributed by atoms with E-state index in [0.717, 1.165) is 36.8 Å². The normalized spacial score (nSPS) is 12.1. The summed E-state index contributed by atoms with van der Waals surface area (Å²) in [6.45, 7) is 6.78. The molecule has 2 aromatic carbocycles. The molecule has 156 valence electrons. The Bertz CT molecular complexity index is 763. The lowest BCUT2D eigenvalue weighted by molar-refractivity contribution is -0.108. The highest BCUT2D eigenvalue weighted by Crippen LogP contribution is 2.34. The Kier molecular flexibility index (Phi) is 10.7. The summed E-state index contributed by atoms with van der Waals surface area (Å²) in [5, 5.41) is 6.35. The number of nitrogens with one attached hydrogen (secondary N) is 2. The lowest BCUT2D eigenvalue weighted by Crippen LogP contribution is -2.28. The van der Waals surface area contributed by atoms with Crippen molar-refractivity contribution < 1.29 is 14.4 Å². The van der Waals surface area contributed by atoms with E-state index in [4.69, 9.17) is 16.4 Å². The van der Waals surface area contributed by atoms with Gasteiger partial charge in [-0.2, -0.15) is 0 Å². The Morgan fingerprint density at radius 2 is 1.69 bits per heavy atom. The lowest BCUT2D eigenvalue weighted by Gasteiger charge is -2.29. The molecule has 0 saturated carbocycles. The first-order valence-electron chi connectivity index (χ1n) is 9.59. The van der Waals surface area contributed by atoms with E-state index >= 15 is 0 Å². The molecule has 2 aromatic rings.